The standard InChI is InChI=1S/C27H47N3O6/c1-4-5-8-11-20(32)14-15-22-21(12-9-6-7-10-13-27(35)36)24(18-25(22)33)29-30-26(34)17-16-23(28-3)19(2)31/h14-15,20,22-23,25,28-29,32-33H,4-13,16-18H2,1-3H3,(H,30,34)(H,35,36). The van der Waals surface area contributed by atoms with Crippen molar-refractivity contribution in [2.45, 2.75) is 116 Å². The zero-order valence-corrected chi connectivity index (χ0v) is 22.2. The van der Waals surface area contributed by atoms with Crippen LogP contribution in [0.1, 0.15) is 97.3 Å². The summed E-state index contributed by atoms with van der Waals surface area (Å²) in [6.45, 7) is 3.61. The number of aliphatic hydroxyl groups excluding tert-OH is 2. The quantitative estimate of drug-likeness (QED) is 0.0833. The van der Waals surface area contributed by atoms with E-state index in [0.717, 1.165) is 49.8 Å². The fraction of sp³-hybridized carbons (Fsp3) is 0.741. The molecule has 0 aromatic carbocycles. The first-order valence-corrected chi connectivity index (χ1v) is 13.4. The van der Waals surface area contributed by atoms with Crippen molar-refractivity contribution in [3.8, 4) is 0 Å². The number of nitrogens with one attached hydrogen (secondary N) is 3. The number of amides is 1. The molecule has 0 saturated carbocycles. The molecule has 0 radical (unpaired) electrons. The molecule has 1 rings (SSSR count). The van der Waals surface area contributed by atoms with Crippen molar-refractivity contribution < 1.29 is 29.7 Å². The fourth-order valence-electron chi connectivity index (χ4n) is 4.52. The molecule has 36 heavy (non-hydrogen) atoms. The number of carbonyl (C=O) groups is 3. The third-order valence-corrected chi connectivity index (χ3v) is 6.70. The number of hydrazine groups is 1. The lowest BCUT2D eigenvalue weighted by Gasteiger charge is -2.17. The highest BCUT2D eigenvalue weighted by Gasteiger charge is 2.32. The normalized spacial score (nSPS) is 19.5. The summed E-state index contributed by atoms with van der Waals surface area (Å²) in [6.07, 6.45) is 11.2. The number of carboxylic acids is 1. The van der Waals surface area contributed by atoms with Gasteiger partial charge in [0.2, 0.25) is 5.91 Å². The minimum absolute atomic E-state index is 0.0166. The van der Waals surface area contributed by atoms with E-state index in [9.17, 15) is 24.6 Å². The van der Waals surface area contributed by atoms with E-state index < -0.39 is 18.2 Å². The van der Waals surface area contributed by atoms with E-state index in [0.29, 0.717) is 32.1 Å². The maximum Gasteiger partial charge on any atom is 0.303 e. The minimum atomic E-state index is -0.786. The minimum Gasteiger partial charge on any atom is -0.481 e. The van der Waals surface area contributed by atoms with Crippen molar-refractivity contribution in [2.75, 3.05) is 7.05 Å². The second-order valence-electron chi connectivity index (χ2n) is 9.72. The third kappa shape index (κ3) is 12.6. The number of hydrogen-bond acceptors (Lipinski definition) is 7. The number of ketones is 1. The first kappa shape index (κ1) is 31.8. The van der Waals surface area contributed by atoms with E-state index in [4.69, 9.17) is 5.11 Å². The molecule has 206 valence electrons. The summed E-state index contributed by atoms with van der Waals surface area (Å²) in [6, 6.07) is -0.363. The van der Waals surface area contributed by atoms with Gasteiger partial charge >= 0.3 is 5.97 Å². The van der Waals surface area contributed by atoms with E-state index in [1.165, 1.54) is 6.92 Å². The fourth-order valence-corrected chi connectivity index (χ4v) is 4.52. The topological polar surface area (TPSA) is 148 Å². The van der Waals surface area contributed by atoms with Gasteiger partial charge < -0.3 is 26.1 Å². The molecule has 4 unspecified atom stereocenters. The molecular weight excluding hydrogens is 462 g/mol. The van der Waals surface area contributed by atoms with E-state index in [-0.39, 0.29) is 36.5 Å². The molecule has 0 saturated heterocycles. The molecule has 1 amide bonds. The van der Waals surface area contributed by atoms with Gasteiger partial charge in [-0.25, -0.2) is 0 Å². The van der Waals surface area contributed by atoms with Gasteiger partial charge in [0.15, 0.2) is 0 Å². The zero-order valence-electron chi connectivity index (χ0n) is 22.2. The summed E-state index contributed by atoms with van der Waals surface area (Å²) in [4.78, 5) is 34.6. The molecular formula is C27H47N3O6. The highest BCUT2D eigenvalue weighted by Crippen LogP contribution is 2.35. The van der Waals surface area contributed by atoms with Crippen LogP contribution in [0.25, 0.3) is 0 Å². The summed E-state index contributed by atoms with van der Waals surface area (Å²) in [7, 11) is 1.69. The van der Waals surface area contributed by atoms with Crippen LogP contribution in [0.2, 0.25) is 0 Å². The monoisotopic (exact) mass is 509 g/mol. The van der Waals surface area contributed by atoms with Crippen LogP contribution in [0.4, 0.5) is 0 Å². The maximum atomic E-state index is 12.3. The Morgan fingerprint density at radius 1 is 1.06 bits per heavy atom. The van der Waals surface area contributed by atoms with Gasteiger partial charge in [-0.3, -0.25) is 19.8 Å². The first-order chi connectivity index (χ1) is 17.2. The van der Waals surface area contributed by atoms with Crippen LogP contribution in [0.15, 0.2) is 23.4 Å². The van der Waals surface area contributed by atoms with Crippen molar-refractivity contribution in [3.63, 3.8) is 0 Å². The molecule has 0 aromatic heterocycles. The Bertz CT molecular complexity index is 752. The number of aliphatic carboxylic acids is 1. The second kappa shape index (κ2) is 18.1. The number of likely N-dealkylation sites (N-methyl/N-ethyl adjacent to an activating group) is 1. The predicted molar refractivity (Wildman–Crippen MR) is 140 cm³/mol. The molecule has 6 N–H and O–H groups in total. The van der Waals surface area contributed by atoms with Crippen molar-refractivity contribution in [2.24, 2.45) is 5.92 Å². The molecule has 0 fully saturated rings. The summed E-state index contributed by atoms with van der Waals surface area (Å²) in [5, 5.41) is 32.8. The van der Waals surface area contributed by atoms with Gasteiger partial charge in [-0.2, -0.15) is 0 Å². The Morgan fingerprint density at radius 3 is 2.42 bits per heavy atom. The van der Waals surface area contributed by atoms with E-state index >= 15 is 0 Å². The molecule has 0 aromatic rings. The van der Waals surface area contributed by atoms with Crippen molar-refractivity contribution in [3.05, 3.63) is 23.4 Å². The number of aliphatic hydroxyl groups is 2. The summed E-state index contributed by atoms with van der Waals surface area (Å²) in [5.41, 5.74) is 7.47. The summed E-state index contributed by atoms with van der Waals surface area (Å²) < 4.78 is 0. The summed E-state index contributed by atoms with van der Waals surface area (Å²) in [5.74, 6) is -1.30. The Morgan fingerprint density at radius 2 is 1.78 bits per heavy atom. The van der Waals surface area contributed by atoms with Gasteiger partial charge in [0.05, 0.1) is 18.2 Å². The first-order valence-electron chi connectivity index (χ1n) is 13.4. The maximum absolute atomic E-state index is 12.3. The number of hydrogen-bond donors (Lipinski definition) is 6. The van der Waals surface area contributed by atoms with Crippen LogP contribution in [-0.4, -0.2) is 58.3 Å². The van der Waals surface area contributed by atoms with Crippen molar-refractivity contribution in [1.82, 2.24) is 16.2 Å². The average Bonchev–Trinajstić information content (AvgIpc) is 3.12. The highest BCUT2D eigenvalue weighted by molar-refractivity contribution is 5.82. The van der Waals surface area contributed by atoms with Crippen LogP contribution in [0.5, 0.6) is 0 Å². The van der Waals surface area contributed by atoms with Crippen molar-refractivity contribution >= 4 is 17.7 Å². The van der Waals surface area contributed by atoms with Crippen LogP contribution in [-0.2, 0) is 14.4 Å². The van der Waals surface area contributed by atoms with Gasteiger partial charge in [0.25, 0.3) is 0 Å². The van der Waals surface area contributed by atoms with Gasteiger partial charge in [0.1, 0.15) is 5.78 Å². The molecule has 4 atom stereocenters. The Balaban J connectivity index is 2.78. The van der Waals surface area contributed by atoms with Gasteiger partial charge in [0, 0.05) is 30.9 Å². The molecule has 1 aliphatic rings. The van der Waals surface area contributed by atoms with E-state index in [2.05, 4.69) is 23.1 Å². The molecule has 0 heterocycles. The number of rotatable bonds is 20. The van der Waals surface area contributed by atoms with E-state index in [1.807, 2.05) is 6.08 Å². The molecule has 0 spiro atoms. The third-order valence-electron chi connectivity index (χ3n) is 6.70. The Hall–Kier alpha value is -2.23. The Labute approximate surface area is 215 Å². The van der Waals surface area contributed by atoms with Crippen LogP contribution < -0.4 is 16.2 Å². The van der Waals surface area contributed by atoms with E-state index in [1.54, 1.807) is 13.1 Å². The smallest absolute Gasteiger partial charge is 0.303 e. The average molecular weight is 510 g/mol. The number of carboxylic acid groups (broad SMARTS) is 1. The lowest BCUT2D eigenvalue weighted by atomic mass is 9.93. The lowest BCUT2D eigenvalue weighted by molar-refractivity contribution is -0.137. The number of Topliss-reactive ketones (excluding diaryl/α,β-unsaturated/α-hetero) is 1. The second-order valence-corrected chi connectivity index (χ2v) is 9.72. The molecule has 9 nitrogen and oxygen atoms in total. The number of carbonyl (C=O) groups excluding carboxylic acids is 2. The number of unbranched alkanes of at least 4 members (excludes halogenated alkanes) is 5. The summed E-state index contributed by atoms with van der Waals surface area (Å²) >= 11 is 0. The van der Waals surface area contributed by atoms with Gasteiger partial charge in [-0.05, 0) is 51.6 Å². The largest absolute Gasteiger partial charge is 0.481 e. The molecule has 1 aliphatic carbocycles. The van der Waals surface area contributed by atoms with Gasteiger partial charge in [-0.15, -0.1) is 0 Å². The lowest BCUT2D eigenvalue weighted by Crippen LogP contribution is -2.39. The highest BCUT2D eigenvalue weighted by atomic mass is 16.4. The molecule has 9 heteroatoms. The zero-order chi connectivity index (χ0) is 26.9. The van der Waals surface area contributed by atoms with Crippen LogP contribution in [0.3, 0.4) is 0 Å². The predicted octanol–water partition coefficient (Wildman–Crippen LogP) is 3.12. The Kier molecular flexibility index (Phi) is 16.0. The van der Waals surface area contributed by atoms with Crippen molar-refractivity contribution in [1.29, 1.82) is 0 Å². The van der Waals surface area contributed by atoms with Crippen LogP contribution >= 0.6 is 0 Å². The van der Waals surface area contributed by atoms with Gasteiger partial charge in [-0.1, -0.05) is 51.2 Å². The van der Waals surface area contributed by atoms with Crippen LogP contribution in [0, 0.1) is 5.92 Å². The SMILES string of the molecule is CCCCCC(O)C=CC1C(CCCCCCC(=O)O)=C(NNC(=O)CCC(NC)C(C)=O)CC1O. The molecule has 0 aliphatic heterocycles. The molecule has 0 bridgehead atoms.